The van der Waals surface area contributed by atoms with Crippen molar-refractivity contribution < 1.29 is 19.7 Å². The number of nitrogens with one attached hydrogen (secondary N) is 2. The summed E-state index contributed by atoms with van der Waals surface area (Å²) in [6.45, 7) is -0.0171. The molecule has 5 atom stereocenters. The molecule has 4 rings (SSSR count). The molecule has 12 nitrogen and oxygen atoms in total. The summed E-state index contributed by atoms with van der Waals surface area (Å²) >= 11 is 0. The molecule has 3 heterocycles. The maximum Gasteiger partial charge on any atom is 0.280 e. The standard InChI is InChI=1S/C18H27N7O5/c19-10(8-4-2-1-3-5-8)15(28)21-6-9-12(26)13(27)17(30-9)25-7-22-11-14(25)23-18(20)24-16(11)29/h7-10,12-13,17,26-27H,1-6,19H2,(H,21,28)(H3,20,23,24,29)/t9-,10-,12-,13-,17-/m1/s1. The lowest BCUT2D eigenvalue weighted by atomic mass is 9.84. The summed E-state index contributed by atoms with van der Waals surface area (Å²) in [6, 6.07) is -0.610. The molecule has 0 radical (unpaired) electrons. The monoisotopic (exact) mass is 421 g/mol. The maximum absolute atomic E-state index is 12.4. The third kappa shape index (κ3) is 3.78. The highest BCUT2D eigenvalue weighted by molar-refractivity contribution is 5.81. The van der Waals surface area contributed by atoms with E-state index in [0.29, 0.717) is 0 Å². The Labute approximate surface area is 171 Å². The summed E-state index contributed by atoms with van der Waals surface area (Å²) < 4.78 is 7.11. The van der Waals surface area contributed by atoms with E-state index in [1.54, 1.807) is 0 Å². The first-order valence-electron chi connectivity index (χ1n) is 10.1. The zero-order valence-electron chi connectivity index (χ0n) is 16.4. The molecule has 2 aromatic rings. The number of hydrogen-bond donors (Lipinski definition) is 6. The van der Waals surface area contributed by atoms with Gasteiger partial charge in [0.1, 0.15) is 18.3 Å². The Morgan fingerprint density at radius 3 is 2.80 bits per heavy atom. The van der Waals surface area contributed by atoms with Crippen molar-refractivity contribution in [2.45, 2.75) is 62.7 Å². The minimum absolute atomic E-state index is 0.0171. The number of aliphatic hydroxyl groups excluding tert-OH is 2. The molecule has 0 spiro atoms. The van der Waals surface area contributed by atoms with Crippen molar-refractivity contribution in [3.63, 3.8) is 0 Å². The van der Waals surface area contributed by atoms with Gasteiger partial charge in [0, 0.05) is 6.54 Å². The lowest BCUT2D eigenvalue weighted by Gasteiger charge is -2.27. The SMILES string of the molecule is Nc1nc2c(ncn2[C@@H]2O[C@H](CNC(=O)[C@H](N)C3CCCCC3)[C@@H](O)[C@H]2O)c(=O)[nH]1. The van der Waals surface area contributed by atoms with Gasteiger partial charge in [0.05, 0.1) is 12.4 Å². The van der Waals surface area contributed by atoms with Gasteiger partial charge in [-0.3, -0.25) is 19.1 Å². The van der Waals surface area contributed by atoms with E-state index in [1.165, 1.54) is 17.3 Å². The fourth-order valence-corrected chi connectivity index (χ4v) is 4.28. The van der Waals surface area contributed by atoms with E-state index in [-0.39, 0.29) is 35.5 Å². The molecule has 164 valence electrons. The van der Waals surface area contributed by atoms with Gasteiger partial charge in [-0.05, 0) is 18.8 Å². The minimum Gasteiger partial charge on any atom is -0.387 e. The van der Waals surface area contributed by atoms with Crippen molar-refractivity contribution in [2.24, 2.45) is 11.7 Å². The van der Waals surface area contributed by atoms with Crippen LogP contribution >= 0.6 is 0 Å². The number of aliphatic hydroxyl groups is 2. The molecule has 1 aliphatic carbocycles. The molecule has 1 saturated heterocycles. The highest BCUT2D eigenvalue weighted by Gasteiger charge is 2.44. The Bertz CT molecular complexity index is 969. The van der Waals surface area contributed by atoms with E-state index in [2.05, 4.69) is 20.3 Å². The number of nitrogen functional groups attached to an aromatic ring is 1. The summed E-state index contributed by atoms with van der Waals surface area (Å²) in [7, 11) is 0. The zero-order chi connectivity index (χ0) is 21.4. The van der Waals surface area contributed by atoms with Crippen LogP contribution in [0.2, 0.25) is 0 Å². The topological polar surface area (TPSA) is 194 Å². The molecule has 2 aromatic heterocycles. The predicted molar refractivity (Wildman–Crippen MR) is 106 cm³/mol. The minimum atomic E-state index is -1.32. The van der Waals surface area contributed by atoms with Crippen LogP contribution in [-0.4, -0.2) is 66.5 Å². The number of nitrogens with zero attached hydrogens (tertiary/aromatic N) is 3. The van der Waals surface area contributed by atoms with Gasteiger partial charge in [0.25, 0.3) is 5.56 Å². The van der Waals surface area contributed by atoms with E-state index < -0.39 is 36.1 Å². The fraction of sp³-hybridized carbons (Fsp3) is 0.667. The van der Waals surface area contributed by atoms with Crippen LogP contribution in [0.3, 0.4) is 0 Å². The second-order valence-corrected chi connectivity index (χ2v) is 7.99. The Balaban J connectivity index is 1.43. The van der Waals surface area contributed by atoms with E-state index >= 15 is 0 Å². The van der Waals surface area contributed by atoms with E-state index in [1.807, 2.05) is 0 Å². The zero-order valence-corrected chi connectivity index (χ0v) is 16.4. The molecule has 30 heavy (non-hydrogen) atoms. The molecular weight excluding hydrogens is 394 g/mol. The number of ether oxygens (including phenoxy) is 1. The second-order valence-electron chi connectivity index (χ2n) is 7.99. The average molecular weight is 421 g/mol. The molecular formula is C18H27N7O5. The summed E-state index contributed by atoms with van der Waals surface area (Å²) in [5, 5.41) is 23.6. The van der Waals surface area contributed by atoms with Crippen molar-refractivity contribution >= 4 is 23.0 Å². The number of nitrogens with two attached hydrogens (primary N) is 2. The molecule has 2 aliphatic rings. The van der Waals surface area contributed by atoms with Gasteiger partial charge in [-0.15, -0.1) is 0 Å². The van der Waals surface area contributed by atoms with Crippen LogP contribution in [0.4, 0.5) is 5.95 Å². The molecule has 0 unspecified atom stereocenters. The van der Waals surface area contributed by atoms with Crippen molar-refractivity contribution in [1.29, 1.82) is 0 Å². The summed E-state index contributed by atoms with van der Waals surface area (Å²) in [5.74, 6) is -0.258. The van der Waals surface area contributed by atoms with Gasteiger partial charge < -0.3 is 31.7 Å². The number of aromatic nitrogens is 4. The van der Waals surface area contributed by atoms with Gasteiger partial charge in [0.15, 0.2) is 17.4 Å². The van der Waals surface area contributed by atoms with E-state index in [9.17, 15) is 19.8 Å². The van der Waals surface area contributed by atoms with Crippen molar-refractivity contribution in [2.75, 3.05) is 12.3 Å². The summed E-state index contributed by atoms with van der Waals surface area (Å²) in [6.07, 6.45) is 1.96. The molecule has 1 aliphatic heterocycles. The first-order valence-corrected chi connectivity index (χ1v) is 10.1. The fourth-order valence-electron chi connectivity index (χ4n) is 4.28. The summed E-state index contributed by atoms with van der Waals surface area (Å²) in [4.78, 5) is 34.7. The Kier molecular flexibility index (Phi) is 5.73. The number of rotatable bonds is 5. The van der Waals surface area contributed by atoms with Crippen LogP contribution in [0.25, 0.3) is 11.2 Å². The largest absolute Gasteiger partial charge is 0.387 e. The number of H-pyrrole nitrogens is 1. The van der Waals surface area contributed by atoms with Crippen LogP contribution in [0.15, 0.2) is 11.1 Å². The van der Waals surface area contributed by atoms with Crippen LogP contribution < -0.4 is 22.3 Å². The van der Waals surface area contributed by atoms with Crippen molar-refractivity contribution in [1.82, 2.24) is 24.8 Å². The van der Waals surface area contributed by atoms with Gasteiger partial charge >= 0.3 is 0 Å². The first kappa shape index (κ1) is 20.7. The lowest BCUT2D eigenvalue weighted by Crippen LogP contribution is -2.49. The Hall–Kier alpha value is -2.54. The van der Waals surface area contributed by atoms with Crippen LogP contribution in [0.5, 0.6) is 0 Å². The van der Waals surface area contributed by atoms with Crippen LogP contribution in [0, 0.1) is 5.92 Å². The third-order valence-corrected chi connectivity index (χ3v) is 6.00. The molecule has 0 bridgehead atoms. The predicted octanol–water partition coefficient (Wildman–Crippen LogP) is -1.66. The summed E-state index contributed by atoms with van der Waals surface area (Å²) in [5.41, 5.74) is 11.3. The Morgan fingerprint density at radius 2 is 2.07 bits per heavy atom. The molecule has 8 N–H and O–H groups in total. The number of imidazole rings is 1. The van der Waals surface area contributed by atoms with E-state index in [4.69, 9.17) is 16.2 Å². The van der Waals surface area contributed by atoms with E-state index in [0.717, 1.165) is 25.7 Å². The Morgan fingerprint density at radius 1 is 1.33 bits per heavy atom. The molecule has 1 amide bonds. The third-order valence-electron chi connectivity index (χ3n) is 6.00. The number of carbonyl (C=O) groups excluding carboxylic acids is 1. The van der Waals surface area contributed by atoms with Crippen LogP contribution in [0.1, 0.15) is 38.3 Å². The number of fused-ring (bicyclic) bond motifs is 1. The second kappa shape index (κ2) is 8.30. The van der Waals surface area contributed by atoms with Gasteiger partial charge in [0.2, 0.25) is 11.9 Å². The van der Waals surface area contributed by atoms with Gasteiger partial charge in [-0.2, -0.15) is 4.98 Å². The average Bonchev–Trinajstić information content (AvgIpc) is 3.28. The molecule has 2 fully saturated rings. The van der Waals surface area contributed by atoms with Crippen LogP contribution in [-0.2, 0) is 9.53 Å². The number of hydrogen-bond acceptors (Lipinski definition) is 9. The highest BCUT2D eigenvalue weighted by Crippen LogP contribution is 2.31. The maximum atomic E-state index is 12.4. The van der Waals surface area contributed by atoms with Gasteiger partial charge in [-0.25, -0.2) is 4.98 Å². The highest BCUT2D eigenvalue weighted by atomic mass is 16.6. The quantitative estimate of drug-likeness (QED) is 0.328. The number of aromatic amines is 1. The number of carbonyl (C=O) groups is 1. The number of anilines is 1. The lowest BCUT2D eigenvalue weighted by molar-refractivity contribution is -0.124. The first-order chi connectivity index (χ1) is 14.4. The molecule has 12 heteroatoms. The van der Waals surface area contributed by atoms with Gasteiger partial charge in [-0.1, -0.05) is 19.3 Å². The smallest absolute Gasteiger partial charge is 0.280 e. The normalized spacial score (nSPS) is 28.6. The molecule has 1 saturated carbocycles. The van der Waals surface area contributed by atoms with Crippen molar-refractivity contribution in [3.8, 4) is 0 Å². The number of amides is 1. The molecule has 0 aromatic carbocycles. The van der Waals surface area contributed by atoms with Crippen molar-refractivity contribution in [3.05, 3.63) is 16.7 Å².